The Morgan fingerprint density at radius 3 is 3.20 bits per heavy atom. The Hall–Kier alpha value is -1.71. The zero-order valence-corrected chi connectivity index (χ0v) is 8.36. The lowest BCUT2D eigenvalue weighted by molar-refractivity contribution is 0.324. The lowest BCUT2D eigenvalue weighted by Gasteiger charge is -2.12. The quantitative estimate of drug-likeness (QED) is 0.705. The molecule has 4 heteroatoms. The smallest absolute Gasteiger partial charge is 0.191 e. The maximum Gasteiger partial charge on any atom is 0.191 e. The number of guanidine groups is 1. The maximum atomic E-state index is 5.58. The Morgan fingerprint density at radius 2 is 2.33 bits per heavy atom. The van der Waals surface area contributed by atoms with E-state index in [1.54, 1.807) is 0 Å². The lowest BCUT2D eigenvalue weighted by Crippen LogP contribution is -2.37. The number of hydrogen-bond donors (Lipinski definition) is 2. The zero-order valence-electron chi connectivity index (χ0n) is 8.36. The van der Waals surface area contributed by atoms with Gasteiger partial charge in [-0.3, -0.25) is 4.99 Å². The van der Waals surface area contributed by atoms with Crippen molar-refractivity contribution in [1.82, 2.24) is 10.6 Å². The molecule has 2 heterocycles. The van der Waals surface area contributed by atoms with Crippen LogP contribution in [0.15, 0.2) is 29.3 Å². The molecule has 1 unspecified atom stereocenters. The van der Waals surface area contributed by atoms with E-state index >= 15 is 0 Å². The molecule has 3 rings (SSSR count). The molecule has 0 amide bonds. The van der Waals surface area contributed by atoms with Gasteiger partial charge in [-0.05, 0) is 6.07 Å². The minimum Gasteiger partial charge on any atom is -0.491 e. The van der Waals surface area contributed by atoms with Crippen LogP contribution in [0.2, 0.25) is 0 Å². The molecule has 4 nitrogen and oxygen atoms in total. The predicted molar refractivity (Wildman–Crippen MR) is 58.1 cm³/mol. The van der Waals surface area contributed by atoms with Gasteiger partial charge in [0.15, 0.2) is 5.96 Å². The summed E-state index contributed by atoms with van der Waals surface area (Å²) in [7, 11) is 0. The molecule has 2 aliphatic rings. The number of nitrogens with one attached hydrogen (secondary N) is 2. The van der Waals surface area contributed by atoms with Crippen molar-refractivity contribution in [3.63, 3.8) is 0 Å². The molecule has 1 aromatic rings. The van der Waals surface area contributed by atoms with E-state index in [1.807, 2.05) is 18.2 Å². The van der Waals surface area contributed by atoms with E-state index in [9.17, 15) is 0 Å². The summed E-state index contributed by atoms with van der Waals surface area (Å²) in [5.41, 5.74) is 1.22. The van der Waals surface area contributed by atoms with Gasteiger partial charge >= 0.3 is 0 Å². The average Bonchev–Trinajstić information content (AvgIpc) is 2.89. The van der Waals surface area contributed by atoms with Crippen molar-refractivity contribution in [2.45, 2.75) is 6.04 Å². The number of para-hydroxylation sites is 1. The van der Waals surface area contributed by atoms with E-state index in [0.717, 1.165) is 24.8 Å². The summed E-state index contributed by atoms with van der Waals surface area (Å²) in [6.07, 6.45) is 0. The number of nitrogens with zero attached hydrogens (tertiary/aromatic N) is 1. The summed E-state index contributed by atoms with van der Waals surface area (Å²) in [6.45, 7) is 2.47. The summed E-state index contributed by atoms with van der Waals surface area (Å²) in [4.78, 5) is 4.31. The maximum absolute atomic E-state index is 5.58. The van der Waals surface area contributed by atoms with Crippen molar-refractivity contribution in [1.29, 1.82) is 0 Å². The Kier molecular flexibility index (Phi) is 1.98. The molecule has 0 saturated heterocycles. The molecule has 0 saturated carbocycles. The molecule has 0 bridgehead atoms. The zero-order chi connectivity index (χ0) is 10.1. The van der Waals surface area contributed by atoms with Gasteiger partial charge in [0.05, 0.1) is 12.6 Å². The standard InChI is InChI=1S/C11H13N3O/c1-2-4-10-8(3-1)9(7-15-10)14-11-12-5-6-13-11/h1-4,9H,5-7H2,(H2,12,13,14). The first-order valence-electron chi connectivity index (χ1n) is 5.20. The van der Waals surface area contributed by atoms with Gasteiger partial charge < -0.3 is 15.4 Å². The van der Waals surface area contributed by atoms with Crippen molar-refractivity contribution in [2.75, 3.05) is 19.7 Å². The van der Waals surface area contributed by atoms with Crippen LogP contribution in [-0.4, -0.2) is 25.7 Å². The highest BCUT2D eigenvalue weighted by Gasteiger charge is 2.24. The van der Waals surface area contributed by atoms with Crippen LogP contribution in [0, 0.1) is 0 Å². The van der Waals surface area contributed by atoms with Crippen LogP contribution < -0.4 is 15.4 Å². The first kappa shape index (κ1) is 8.59. The molecule has 0 aromatic heterocycles. The molecule has 1 aromatic carbocycles. The minimum atomic E-state index is 0.227. The SMILES string of the molecule is c1ccc2c(c1)OCC2NC1=NCCN1. The molecular formula is C11H13N3O. The molecule has 0 spiro atoms. The van der Waals surface area contributed by atoms with Crippen molar-refractivity contribution in [2.24, 2.45) is 4.99 Å². The van der Waals surface area contributed by atoms with E-state index in [-0.39, 0.29) is 6.04 Å². The highest BCUT2D eigenvalue weighted by Crippen LogP contribution is 2.31. The first-order chi connectivity index (χ1) is 7.43. The first-order valence-corrected chi connectivity index (χ1v) is 5.20. The molecular weight excluding hydrogens is 190 g/mol. The molecule has 2 N–H and O–H groups in total. The second-order valence-corrected chi connectivity index (χ2v) is 3.70. The van der Waals surface area contributed by atoms with Crippen LogP contribution in [0.5, 0.6) is 5.75 Å². The largest absolute Gasteiger partial charge is 0.491 e. The highest BCUT2D eigenvalue weighted by atomic mass is 16.5. The van der Waals surface area contributed by atoms with E-state index in [0.29, 0.717) is 6.61 Å². The number of fused-ring (bicyclic) bond motifs is 1. The molecule has 0 radical (unpaired) electrons. The number of benzene rings is 1. The van der Waals surface area contributed by atoms with Gasteiger partial charge in [0, 0.05) is 12.1 Å². The van der Waals surface area contributed by atoms with Crippen LogP contribution in [0.4, 0.5) is 0 Å². The third-order valence-electron chi connectivity index (χ3n) is 2.69. The normalized spacial score (nSPS) is 22.7. The topological polar surface area (TPSA) is 45.6 Å². The predicted octanol–water partition coefficient (Wildman–Crippen LogP) is 0.669. The van der Waals surface area contributed by atoms with Crippen LogP contribution in [0.1, 0.15) is 11.6 Å². The summed E-state index contributed by atoms with van der Waals surface area (Å²) < 4.78 is 5.58. The highest BCUT2D eigenvalue weighted by molar-refractivity contribution is 5.81. The van der Waals surface area contributed by atoms with Gasteiger partial charge in [0.25, 0.3) is 0 Å². The van der Waals surface area contributed by atoms with Crippen LogP contribution in [0.25, 0.3) is 0 Å². The van der Waals surface area contributed by atoms with Gasteiger partial charge in [0.2, 0.25) is 0 Å². The fraction of sp³-hybridized carbons (Fsp3) is 0.364. The van der Waals surface area contributed by atoms with E-state index in [4.69, 9.17) is 4.74 Å². The summed E-state index contributed by atoms with van der Waals surface area (Å²) in [5.74, 6) is 1.87. The van der Waals surface area contributed by atoms with Crippen LogP contribution in [0.3, 0.4) is 0 Å². The molecule has 78 valence electrons. The van der Waals surface area contributed by atoms with Gasteiger partial charge in [0.1, 0.15) is 12.4 Å². The Bertz CT molecular complexity index is 403. The monoisotopic (exact) mass is 203 g/mol. The Balaban J connectivity index is 1.79. The summed E-state index contributed by atoms with van der Waals surface area (Å²) in [5, 5.41) is 6.55. The van der Waals surface area contributed by atoms with Gasteiger partial charge in [-0.1, -0.05) is 18.2 Å². The minimum absolute atomic E-state index is 0.227. The number of aliphatic imine (C=N–C) groups is 1. The molecule has 0 aliphatic carbocycles. The van der Waals surface area contributed by atoms with Gasteiger partial charge in [-0.25, -0.2) is 0 Å². The number of rotatable bonds is 1. The van der Waals surface area contributed by atoms with Crippen molar-refractivity contribution >= 4 is 5.96 Å². The van der Waals surface area contributed by atoms with E-state index in [2.05, 4.69) is 21.7 Å². The molecule has 2 aliphatic heterocycles. The van der Waals surface area contributed by atoms with Gasteiger partial charge in [-0.2, -0.15) is 0 Å². The van der Waals surface area contributed by atoms with Crippen LogP contribution in [-0.2, 0) is 0 Å². The fourth-order valence-electron chi connectivity index (χ4n) is 1.94. The van der Waals surface area contributed by atoms with Crippen LogP contribution >= 0.6 is 0 Å². The van der Waals surface area contributed by atoms with Crippen molar-refractivity contribution in [3.05, 3.63) is 29.8 Å². The lowest BCUT2D eigenvalue weighted by atomic mass is 10.1. The van der Waals surface area contributed by atoms with E-state index < -0.39 is 0 Å². The third kappa shape index (κ3) is 1.52. The third-order valence-corrected chi connectivity index (χ3v) is 2.69. The second kappa shape index (κ2) is 3.46. The summed E-state index contributed by atoms with van der Waals surface area (Å²) in [6, 6.07) is 8.35. The average molecular weight is 203 g/mol. The van der Waals surface area contributed by atoms with Crippen molar-refractivity contribution in [3.8, 4) is 5.75 Å². The molecule has 15 heavy (non-hydrogen) atoms. The Morgan fingerprint density at radius 1 is 1.40 bits per heavy atom. The Labute approximate surface area is 88.4 Å². The van der Waals surface area contributed by atoms with E-state index in [1.165, 1.54) is 5.56 Å². The summed E-state index contributed by atoms with van der Waals surface area (Å²) >= 11 is 0. The van der Waals surface area contributed by atoms with Gasteiger partial charge in [-0.15, -0.1) is 0 Å². The van der Waals surface area contributed by atoms with Crippen molar-refractivity contribution < 1.29 is 4.74 Å². The number of hydrogen-bond acceptors (Lipinski definition) is 4. The second-order valence-electron chi connectivity index (χ2n) is 3.70. The number of ether oxygens (including phenoxy) is 1. The fourth-order valence-corrected chi connectivity index (χ4v) is 1.94. The molecule has 0 fully saturated rings. The molecule has 1 atom stereocenters.